The van der Waals surface area contributed by atoms with Gasteiger partial charge >= 0.3 is 5.97 Å². The topological polar surface area (TPSA) is 61.4 Å². The van der Waals surface area contributed by atoms with Crippen LogP contribution in [0.3, 0.4) is 0 Å². The first kappa shape index (κ1) is 21.6. The van der Waals surface area contributed by atoms with Crippen molar-refractivity contribution in [1.82, 2.24) is 0 Å². The van der Waals surface area contributed by atoms with Gasteiger partial charge in [-0.3, -0.25) is 0 Å². The molecule has 1 aromatic rings. The quantitative estimate of drug-likeness (QED) is 0.740. The van der Waals surface area contributed by atoms with Crippen molar-refractivity contribution in [1.29, 1.82) is 0 Å². The van der Waals surface area contributed by atoms with Gasteiger partial charge in [0.05, 0.1) is 38.5 Å². The van der Waals surface area contributed by atoms with Crippen molar-refractivity contribution < 1.29 is 24.3 Å². The number of carbonyl (C=O) groups excluding carboxylic acids is 1. The highest BCUT2D eigenvalue weighted by molar-refractivity contribution is 5.89. The Bertz CT molecular complexity index is 770. The van der Waals surface area contributed by atoms with Crippen LogP contribution < -0.4 is 10.1 Å². The molecule has 3 heterocycles. The van der Waals surface area contributed by atoms with Crippen LogP contribution in [0, 0.1) is 17.3 Å². The Morgan fingerprint density at radius 1 is 1.37 bits per heavy atom. The summed E-state index contributed by atoms with van der Waals surface area (Å²) in [5, 5.41) is 2.45. The highest BCUT2D eigenvalue weighted by Crippen LogP contribution is 2.55. The zero-order valence-corrected chi connectivity index (χ0v) is 19.0. The number of esters is 1. The molecular formula is C25H38NO4+. The van der Waals surface area contributed by atoms with Gasteiger partial charge in [-0.2, -0.15) is 0 Å². The number of rotatable bonds is 5. The minimum absolute atomic E-state index is 0.0186. The van der Waals surface area contributed by atoms with E-state index in [1.807, 2.05) is 12.1 Å². The van der Waals surface area contributed by atoms with Crippen LogP contribution in [0.15, 0.2) is 18.2 Å². The smallest absolute Gasteiger partial charge is 0.337 e. The van der Waals surface area contributed by atoms with Crippen LogP contribution in [0.25, 0.3) is 0 Å². The largest absolute Gasteiger partial charge is 0.487 e. The summed E-state index contributed by atoms with van der Waals surface area (Å²) in [6.07, 6.45) is 7.02. The molecule has 0 bridgehead atoms. The van der Waals surface area contributed by atoms with E-state index >= 15 is 0 Å². The van der Waals surface area contributed by atoms with Gasteiger partial charge in [0.1, 0.15) is 11.4 Å². The van der Waals surface area contributed by atoms with Crippen LogP contribution >= 0.6 is 0 Å². The molecule has 3 aliphatic rings. The van der Waals surface area contributed by atoms with Crippen molar-refractivity contribution in [2.75, 3.05) is 26.8 Å². The number of quaternary nitrogens is 1. The highest BCUT2D eigenvalue weighted by Gasteiger charge is 2.54. The van der Waals surface area contributed by atoms with Gasteiger partial charge in [-0.15, -0.1) is 0 Å². The van der Waals surface area contributed by atoms with Crippen molar-refractivity contribution in [2.24, 2.45) is 17.3 Å². The summed E-state index contributed by atoms with van der Waals surface area (Å²) in [5.74, 6) is 1.55. The predicted molar refractivity (Wildman–Crippen MR) is 116 cm³/mol. The molecule has 0 amide bonds. The van der Waals surface area contributed by atoms with Crippen LogP contribution in [0.1, 0.15) is 81.3 Å². The molecule has 0 unspecified atom stereocenters. The molecule has 5 nitrogen and oxygen atoms in total. The van der Waals surface area contributed by atoms with E-state index in [9.17, 15) is 4.79 Å². The number of hydrogen-bond acceptors (Lipinski definition) is 4. The van der Waals surface area contributed by atoms with Gasteiger partial charge in [0.2, 0.25) is 0 Å². The number of hydrogen-bond donors (Lipinski definition) is 1. The molecule has 2 N–H and O–H groups in total. The van der Waals surface area contributed by atoms with Crippen molar-refractivity contribution >= 4 is 5.97 Å². The standard InChI is InChI=1S/C25H37NO4/c1-17(2)7-5-10-24(3)20-14-25(11-6-12-26-15-25)16-29-22(20)19-13-18(23(27)28-4)8-9-21(19)30-24/h8-9,13,17,20,22,26H,5-7,10-12,14-16H2,1-4H3/p+1/t20-,22+,24-,25-/m1/s1. The number of carbonyl (C=O) groups is 1. The van der Waals surface area contributed by atoms with Crippen LogP contribution in [-0.4, -0.2) is 38.4 Å². The fraction of sp³-hybridized carbons (Fsp3) is 0.720. The summed E-state index contributed by atoms with van der Waals surface area (Å²) in [6, 6.07) is 5.66. The van der Waals surface area contributed by atoms with E-state index in [0.717, 1.165) is 43.7 Å². The van der Waals surface area contributed by atoms with Gasteiger partial charge in [0, 0.05) is 16.9 Å². The summed E-state index contributed by atoms with van der Waals surface area (Å²) >= 11 is 0. The van der Waals surface area contributed by atoms with E-state index in [4.69, 9.17) is 14.2 Å². The Balaban J connectivity index is 1.66. The normalized spacial score (nSPS) is 33.0. The van der Waals surface area contributed by atoms with Crippen molar-refractivity contribution in [3.8, 4) is 5.75 Å². The van der Waals surface area contributed by atoms with E-state index < -0.39 is 0 Å². The first-order chi connectivity index (χ1) is 14.4. The lowest BCUT2D eigenvalue weighted by Gasteiger charge is -2.54. The van der Waals surface area contributed by atoms with Gasteiger partial charge in [-0.05, 0) is 63.1 Å². The first-order valence-corrected chi connectivity index (χ1v) is 11.7. The second-order valence-corrected chi connectivity index (χ2v) is 10.4. The Labute approximate surface area is 180 Å². The van der Waals surface area contributed by atoms with Crippen molar-refractivity contribution in [3.05, 3.63) is 29.3 Å². The fourth-order valence-corrected chi connectivity index (χ4v) is 5.84. The lowest BCUT2D eigenvalue weighted by molar-refractivity contribution is -0.678. The number of fused-ring (bicyclic) bond motifs is 3. The maximum Gasteiger partial charge on any atom is 0.337 e. The Morgan fingerprint density at radius 3 is 2.90 bits per heavy atom. The second kappa shape index (κ2) is 8.51. The predicted octanol–water partition coefficient (Wildman–Crippen LogP) is 3.87. The molecule has 4 rings (SSSR count). The van der Waals surface area contributed by atoms with Crippen LogP contribution in [0.4, 0.5) is 0 Å². The molecule has 1 spiro atoms. The monoisotopic (exact) mass is 416 g/mol. The fourth-order valence-electron chi connectivity index (χ4n) is 5.84. The molecule has 4 atom stereocenters. The van der Waals surface area contributed by atoms with Gasteiger partial charge < -0.3 is 19.5 Å². The van der Waals surface area contributed by atoms with E-state index in [-0.39, 0.29) is 23.1 Å². The lowest BCUT2D eigenvalue weighted by atomic mass is 9.64. The second-order valence-electron chi connectivity index (χ2n) is 10.4. The summed E-state index contributed by atoms with van der Waals surface area (Å²) in [5.41, 5.74) is 1.58. The first-order valence-electron chi connectivity index (χ1n) is 11.7. The number of piperidine rings is 1. The van der Waals surface area contributed by atoms with Crippen LogP contribution in [0.2, 0.25) is 0 Å². The SMILES string of the molecule is COC(=O)c1ccc2c(c1)[C@@H]1OC[C@]3(CCC[NH2+]C3)C[C@H]1[C@@](C)(CCCC(C)C)O2. The van der Waals surface area contributed by atoms with Crippen molar-refractivity contribution in [3.63, 3.8) is 0 Å². The minimum Gasteiger partial charge on any atom is -0.487 e. The number of nitrogens with two attached hydrogens (primary N) is 1. The zero-order valence-electron chi connectivity index (χ0n) is 19.0. The van der Waals surface area contributed by atoms with Crippen LogP contribution in [0.5, 0.6) is 5.75 Å². The average Bonchev–Trinajstić information content (AvgIpc) is 2.73. The third-order valence-electron chi connectivity index (χ3n) is 7.60. The number of ether oxygens (including phenoxy) is 3. The molecule has 1 aromatic carbocycles. The Kier molecular flexibility index (Phi) is 6.13. The van der Waals surface area contributed by atoms with E-state index in [0.29, 0.717) is 17.4 Å². The molecule has 166 valence electrons. The van der Waals surface area contributed by atoms with Crippen LogP contribution in [-0.2, 0) is 9.47 Å². The molecule has 2 fully saturated rings. The number of benzene rings is 1. The molecule has 0 aliphatic carbocycles. The molecule has 0 aromatic heterocycles. The molecule has 2 saturated heterocycles. The van der Waals surface area contributed by atoms with Crippen molar-refractivity contribution in [2.45, 2.75) is 71.0 Å². The molecule has 30 heavy (non-hydrogen) atoms. The Hall–Kier alpha value is -1.59. The van der Waals surface area contributed by atoms with Gasteiger partial charge in [-0.25, -0.2) is 4.79 Å². The Morgan fingerprint density at radius 2 is 2.20 bits per heavy atom. The molecule has 3 aliphatic heterocycles. The maximum atomic E-state index is 12.1. The molecule has 0 radical (unpaired) electrons. The van der Waals surface area contributed by atoms with E-state index in [1.165, 1.54) is 32.9 Å². The van der Waals surface area contributed by atoms with E-state index in [2.05, 4.69) is 26.1 Å². The minimum atomic E-state index is -0.311. The van der Waals surface area contributed by atoms with Gasteiger partial charge in [0.25, 0.3) is 0 Å². The summed E-state index contributed by atoms with van der Waals surface area (Å²) in [6.45, 7) is 10.0. The van der Waals surface area contributed by atoms with Gasteiger partial charge in [-0.1, -0.05) is 20.3 Å². The zero-order chi connectivity index (χ0) is 21.4. The molecule has 0 saturated carbocycles. The lowest BCUT2D eigenvalue weighted by Crippen LogP contribution is -2.89. The highest BCUT2D eigenvalue weighted by atomic mass is 16.5. The summed E-state index contributed by atoms with van der Waals surface area (Å²) in [7, 11) is 1.42. The average molecular weight is 417 g/mol. The third kappa shape index (κ3) is 4.11. The number of methoxy groups -OCH3 is 1. The summed E-state index contributed by atoms with van der Waals surface area (Å²) in [4.78, 5) is 12.1. The van der Waals surface area contributed by atoms with E-state index in [1.54, 1.807) is 6.07 Å². The molecular weight excluding hydrogens is 378 g/mol. The maximum absolute atomic E-state index is 12.1. The van der Waals surface area contributed by atoms with Gasteiger partial charge in [0.15, 0.2) is 0 Å². The third-order valence-corrected chi connectivity index (χ3v) is 7.60. The summed E-state index contributed by atoms with van der Waals surface area (Å²) < 4.78 is 18.3. The molecule has 5 heteroatoms.